The molecule has 0 saturated carbocycles. The Kier molecular flexibility index (Phi) is 4.38. The lowest BCUT2D eigenvalue weighted by molar-refractivity contribution is 0.181. The fourth-order valence-electron chi connectivity index (χ4n) is 2.30. The molecule has 1 N–H and O–H groups in total. The van der Waals surface area contributed by atoms with Crippen molar-refractivity contribution >= 4 is 39.1 Å². The third-order valence-corrected chi connectivity index (χ3v) is 5.45. The Labute approximate surface area is 145 Å². The molecule has 2 aromatic carbocycles. The maximum atomic E-state index is 12.4. The molecule has 0 bridgehead atoms. The molecule has 2 aromatic rings. The van der Waals surface area contributed by atoms with Crippen molar-refractivity contribution in [1.29, 1.82) is 0 Å². The van der Waals surface area contributed by atoms with E-state index in [1.54, 1.807) is 30.3 Å². The van der Waals surface area contributed by atoms with Crippen LogP contribution < -0.4 is 9.62 Å². The number of nitrogens with zero attached hydrogens (tertiary/aromatic N) is 1. The summed E-state index contributed by atoms with van der Waals surface area (Å²) >= 11 is 6.01. The van der Waals surface area contributed by atoms with Gasteiger partial charge in [-0.3, -0.25) is 9.62 Å². The second-order valence-electron chi connectivity index (χ2n) is 5.33. The van der Waals surface area contributed by atoms with Crippen LogP contribution in [-0.4, -0.2) is 27.7 Å². The number of cyclic esters (lactones) is 1. The number of carbonyl (C=O) groups is 1. The first-order valence-electron chi connectivity index (χ1n) is 7.20. The molecule has 6 nitrogen and oxygen atoms in total. The van der Waals surface area contributed by atoms with Crippen molar-refractivity contribution in [3.63, 3.8) is 0 Å². The Bertz CT molecular complexity index is 881. The smallest absolute Gasteiger partial charge is 0.414 e. The number of sulfonamides is 1. The highest BCUT2D eigenvalue weighted by Gasteiger charge is 2.24. The number of rotatable bonds is 4. The maximum Gasteiger partial charge on any atom is 0.414 e. The number of amides is 1. The zero-order valence-corrected chi connectivity index (χ0v) is 14.4. The summed E-state index contributed by atoms with van der Waals surface area (Å²) in [5, 5.41) is 0.484. The Morgan fingerprint density at radius 1 is 1.17 bits per heavy atom. The average Bonchev–Trinajstić information content (AvgIpc) is 2.97. The Morgan fingerprint density at radius 2 is 1.88 bits per heavy atom. The lowest BCUT2D eigenvalue weighted by atomic mass is 10.2. The molecule has 1 aliphatic heterocycles. The van der Waals surface area contributed by atoms with Crippen LogP contribution in [0.4, 0.5) is 16.2 Å². The molecule has 8 heteroatoms. The third kappa shape index (κ3) is 3.32. The van der Waals surface area contributed by atoms with Gasteiger partial charge in [0.05, 0.1) is 17.1 Å². The van der Waals surface area contributed by atoms with E-state index < -0.39 is 16.1 Å². The maximum absolute atomic E-state index is 12.4. The van der Waals surface area contributed by atoms with Crippen molar-refractivity contribution in [3.8, 4) is 0 Å². The van der Waals surface area contributed by atoms with Gasteiger partial charge in [-0.05, 0) is 48.9 Å². The van der Waals surface area contributed by atoms with Gasteiger partial charge in [0.1, 0.15) is 6.61 Å². The number of carbonyl (C=O) groups excluding carboxylic acids is 1. The highest BCUT2D eigenvalue weighted by Crippen LogP contribution is 2.24. The molecule has 0 aliphatic carbocycles. The third-order valence-electron chi connectivity index (χ3n) is 3.64. The highest BCUT2D eigenvalue weighted by atomic mass is 35.5. The van der Waals surface area contributed by atoms with Crippen LogP contribution in [0, 0.1) is 6.92 Å². The summed E-state index contributed by atoms with van der Waals surface area (Å²) < 4.78 is 32.2. The second kappa shape index (κ2) is 6.33. The number of anilines is 2. The quantitative estimate of drug-likeness (QED) is 0.899. The van der Waals surface area contributed by atoms with Gasteiger partial charge >= 0.3 is 6.09 Å². The van der Waals surface area contributed by atoms with Crippen molar-refractivity contribution in [2.45, 2.75) is 11.8 Å². The largest absolute Gasteiger partial charge is 0.447 e. The summed E-state index contributed by atoms with van der Waals surface area (Å²) in [6.45, 7) is 2.61. The van der Waals surface area contributed by atoms with Gasteiger partial charge in [-0.25, -0.2) is 13.2 Å². The number of ether oxygens (including phenoxy) is 1. The predicted octanol–water partition coefficient (Wildman–Crippen LogP) is 3.41. The fourth-order valence-corrected chi connectivity index (χ4v) is 3.53. The molecular weight excluding hydrogens is 352 g/mol. The van der Waals surface area contributed by atoms with Crippen LogP contribution in [0.25, 0.3) is 0 Å². The standard InChI is InChI=1S/C16H15ClN2O4S/c1-11-2-3-12(10-15(11)17)18-24(21,22)14-6-4-13(5-7-14)19-8-9-23-16(19)20/h2-7,10,18H,8-9H2,1H3. The van der Waals surface area contributed by atoms with Crippen LogP contribution in [0.15, 0.2) is 47.4 Å². The molecule has 0 radical (unpaired) electrons. The van der Waals surface area contributed by atoms with Crippen molar-refractivity contribution < 1.29 is 17.9 Å². The molecule has 1 fully saturated rings. The number of hydrogen-bond donors (Lipinski definition) is 1. The van der Waals surface area contributed by atoms with E-state index in [0.29, 0.717) is 29.5 Å². The van der Waals surface area contributed by atoms with Gasteiger partial charge in [0, 0.05) is 10.7 Å². The van der Waals surface area contributed by atoms with Crippen LogP contribution in [0.1, 0.15) is 5.56 Å². The zero-order valence-electron chi connectivity index (χ0n) is 12.8. The van der Waals surface area contributed by atoms with E-state index in [-0.39, 0.29) is 4.90 Å². The van der Waals surface area contributed by atoms with E-state index in [9.17, 15) is 13.2 Å². The molecule has 1 aliphatic rings. The molecule has 24 heavy (non-hydrogen) atoms. The predicted molar refractivity (Wildman–Crippen MR) is 92.1 cm³/mol. The Balaban J connectivity index is 1.81. The van der Waals surface area contributed by atoms with Crippen molar-refractivity contribution in [3.05, 3.63) is 53.1 Å². The van der Waals surface area contributed by atoms with Crippen LogP contribution in [0.2, 0.25) is 5.02 Å². The number of halogens is 1. The first-order valence-corrected chi connectivity index (χ1v) is 9.06. The molecule has 3 rings (SSSR count). The summed E-state index contributed by atoms with van der Waals surface area (Å²) in [6.07, 6.45) is -0.432. The summed E-state index contributed by atoms with van der Waals surface area (Å²) in [7, 11) is -3.74. The molecule has 1 heterocycles. The monoisotopic (exact) mass is 366 g/mol. The number of nitrogens with one attached hydrogen (secondary N) is 1. The van der Waals surface area contributed by atoms with E-state index in [2.05, 4.69) is 4.72 Å². The zero-order chi connectivity index (χ0) is 17.3. The van der Waals surface area contributed by atoms with Gasteiger partial charge in [-0.2, -0.15) is 0 Å². The molecular formula is C16H15ClN2O4S. The van der Waals surface area contributed by atoms with Gasteiger partial charge in [0.2, 0.25) is 0 Å². The average molecular weight is 367 g/mol. The summed E-state index contributed by atoms with van der Waals surface area (Å²) in [5.74, 6) is 0. The molecule has 0 aromatic heterocycles. The lowest BCUT2D eigenvalue weighted by Gasteiger charge is -2.14. The fraction of sp³-hybridized carbons (Fsp3) is 0.188. The van der Waals surface area contributed by atoms with Crippen LogP contribution in [-0.2, 0) is 14.8 Å². The Morgan fingerprint density at radius 3 is 2.46 bits per heavy atom. The summed E-state index contributed by atoms with van der Waals surface area (Å²) in [4.78, 5) is 13.1. The number of benzene rings is 2. The van der Waals surface area contributed by atoms with Crippen LogP contribution in [0.3, 0.4) is 0 Å². The van der Waals surface area contributed by atoms with E-state index in [1.165, 1.54) is 17.0 Å². The van der Waals surface area contributed by atoms with Crippen molar-refractivity contribution in [1.82, 2.24) is 0 Å². The van der Waals surface area contributed by atoms with Gasteiger partial charge in [0.25, 0.3) is 10.0 Å². The van der Waals surface area contributed by atoms with Gasteiger partial charge in [-0.15, -0.1) is 0 Å². The molecule has 0 atom stereocenters. The second-order valence-corrected chi connectivity index (χ2v) is 7.42. The Hall–Kier alpha value is -2.25. The molecule has 0 spiro atoms. The van der Waals surface area contributed by atoms with E-state index in [0.717, 1.165) is 5.56 Å². The first-order chi connectivity index (χ1) is 11.4. The van der Waals surface area contributed by atoms with Gasteiger partial charge in [-0.1, -0.05) is 17.7 Å². The van der Waals surface area contributed by atoms with Gasteiger partial charge < -0.3 is 4.74 Å². The van der Waals surface area contributed by atoms with Gasteiger partial charge in [0.15, 0.2) is 0 Å². The molecule has 1 amide bonds. The topological polar surface area (TPSA) is 75.7 Å². The van der Waals surface area contributed by atoms with Crippen LogP contribution in [0.5, 0.6) is 0 Å². The lowest BCUT2D eigenvalue weighted by Crippen LogP contribution is -2.23. The SMILES string of the molecule is Cc1ccc(NS(=O)(=O)c2ccc(N3CCOC3=O)cc2)cc1Cl. The van der Waals surface area contributed by atoms with Crippen molar-refractivity contribution in [2.75, 3.05) is 22.8 Å². The van der Waals surface area contributed by atoms with E-state index >= 15 is 0 Å². The summed E-state index contributed by atoms with van der Waals surface area (Å²) in [5.41, 5.74) is 1.84. The van der Waals surface area contributed by atoms with E-state index in [4.69, 9.17) is 16.3 Å². The van der Waals surface area contributed by atoms with E-state index in [1.807, 2.05) is 6.92 Å². The number of hydrogen-bond acceptors (Lipinski definition) is 4. The summed E-state index contributed by atoms with van der Waals surface area (Å²) in [6, 6.07) is 11.0. The molecule has 126 valence electrons. The van der Waals surface area contributed by atoms with Crippen LogP contribution >= 0.6 is 11.6 Å². The molecule has 1 saturated heterocycles. The molecule has 0 unspecified atom stereocenters. The minimum Gasteiger partial charge on any atom is -0.447 e. The normalized spacial score (nSPS) is 14.6. The van der Waals surface area contributed by atoms with Crippen molar-refractivity contribution in [2.24, 2.45) is 0 Å². The minimum atomic E-state index is -3.74. The minimum absolute atomic E-state index is 0.0931. The first kappa shape index (κ1) is 16.6. The number of aryl methyl sites for hydroxylation is 1. The highest BCUT2D eigenvalue weighted by molar-refractivity contribution is 7.92.